The van der Waals surface area contributed by atoms with Gasteiger partial charge in [-0.3, -0.25) is 4.40 Å². The van der Waals surface area contributed by atoms with Crippen LogP contribution < -0.4 is 0 Å². The minimum absolute atomic E-state index is 0.470. The molecule has 3 heterocycles. The molecular weight excluding hydrogens is 312 g/mol. The second kappa shape index (κ2) is 5.53. The molecule has 1 N–H and O–H groups in total. The molecule has 23 heavy (non-hydrogen) atoms. The summed E-state index contributed by atoms with van der Waals surface area (Å²) in [6.07, 6.45) is 4.23. The molecule has 5 nitrogen and oxygen atoms in total. The van der Waals surface area contributed by atoms with Crippen LogP contribution in [-0.4, -0.2) is 24.3 Å². The first-order chi connectivity index (χ1) is 11.2. The molecule has 6 heteroatoms. The van der Waals surface area contributed by atoms with Crippen LogP contribution in [0.25, 0.3) is 11.2 Å². The third-order valence-corrected chi connectivity index (χ3v) is 4.06. The van der Waals surface area contributed by atoms with E-state index in [2.05, 4.69) is 10.1 Å². The highest BCUT2D eigenvalue weighted by molar-refractivity contribution is 6.31. The van der Waals surface area contributed by atoms with Crippen LogP contribution in [-0.2, 0) is 0 Å². The largest absolute Gasteiger partial charge is 0.380 e. The van der Waals surface area contributed by atoms with Gasteiger partial charge in [-0.15, -0.1) is 0 Å². The Morgan fingerprint density at radius 3 is 2.70 bits per heavy atom. The van der Waals surface area contributed by atoms with Gasteiger partial charge in [0, 0.05) is 6.20 Å². The zero-order valence-corrected chi connectivity index (χ0v) is 12.8. The van der Waals surface area contributed by atoms with Crippen LogP contribution in [0.4, 0.5) is 0 Å². The van der Waals surface area contributed by atoms with Gasteiger partial charge in [-0.25, -0.2) is 9.67 Å². The number of hydrogen-bond acceptors (Lipinski definition) is 3. The predicted molar refractivity (Wildman–Crippen MR) is 87.8 cm³/mol. The van der Waals surface area contributed by atoms with Gasteiger partial charge >= 0.3 is 0 Å². The number of aromatic nitrogens is 4. The van der Waals surface area contributed by atoms with Gasteiger partial charge in [0.1, 0.15) is 6.10 Å². The monoisotopic (exact) mass is 324 g/mol. The molecule has 0 spiro atoms. The Morgan fingerprint density at radius 1 is 1.04 bits per heavy atom. The van der Waals surface area contributed by atoms with E-state index in [9.17, 15) is 5.11 Å². The van der Waals surface area contributed by atoms with E-state index in [0.29, 0.717) is 16.4 Å². The lowest BCUT2D eigenvalue weighted by atomic mass is 10.1. The van der Waals surface area contributed by atoms with Gasteiger partial charge < -0.3 is 5.11 Å². The van der Waals surface area contributed by atoms with Crippen molar-refractivity contribution in [3.05, 3.63) is 83.7 Å². The number of hydrogen-bond donors (Lipinski definition) is 1. The van der Waals surface area contributed by atoms with Crippen molar-refractivity contribution in [3.63, 3.8) is 0 Å². The third-order valence-electron chi connectivity index (χ3n) is 3.74. The summed E-state index contributed by atoms with van der Waals surface area (Å²) in [4.78, 5) is 4.10. The SMILES string of the molecule is OC(c1ccn(-c2ccccc2)n1)c1c(Cl)ccc2cncn12. The molecule has 1 unspecified atom stereocenters. The van der Waals surface area contributed by atoms with Crippen molar-refractivity contribution < 1.29 is 5.11 Å². The number of pyridine rings is 1. The Hall–Kier alpha value is -2.63. The van der Waals surface area contributed by atoms with Gasteiger partial charge in [-0.1, -0.05) is 29.8 Å². The summed E-state index contributed by atoms with van der Waals surface area (Å²) in [5.74, 6) is 0. The zero-order chi connectivity index (χ0) is 15.8. The summed E-state index contributed by atoms with van der Waals surface area (Å²) in [6, 6.07) is 15.1. The fourth-order valence-corrected chi connectivity index (χ4v) is 2.86. The number of nitrogens with zero attached hydrogens (tertiary/aromatic N) is 4. The Bertz CT molecular complexity index is 961. The highest BCUT2D eigenvalue weighted by Crippen LogP contribution is 2.28. The lowest BCUT2D eigenvalue weighted by Crippen LogP contribution is -2.08. The molecule has 1 aromatic carbocycles. The van der Waals surface area contributed by atoms with Crippen LogP contribution in [0.5, 0.6) is 0 Å². The topological polar surface area (TPSA) is 55.3 Å². The number of fused-ring (bicyclic) bond motifs is 1. The molecule has 114 valence electrons. The van der Waals surface area contributed by atoms with Crippen molar-refractivity contribution in [3.8, 4) is 5.69 Å². The quantitative estimate of drug-likeness (QED) is 0.629. The second-order valence-corrected chi connectivity index (χ2v) is 5.59. The maximum atomic E-state index is 10.7. The van der Waals surface area contributed by atoms with E-state index in [1.165, 1.54) is 0 Å². The summed E-state index contributed by atoms with van der Waals surface area (Å²) < 4.78 is 3.50. The van der Waals surface area contributed by atoms with Crippen LogP contribution in [0.1, 0.15) is 17.5 Å². The number of halogens is 1. The van der Waals surface area contributed by atoms with E-state index in [1.807, 2.05) is 42.6 Å². The second-order valence-electron chi connectivity index (χ2n) is 5.18. The normalized spacial score (nSPS) is 12.6. The average Bonchev–Trinajstić information content (AvgIpc) is 3.24. The van der Waals surface area contributed by atoms with Crippen molar-refractivity contribution in [2.24, 2.45) is 0 Å². The van der Waals surface area contributed by atoms with Crippen LogP contribution in [0.3, 0.4) is 0 Å². The molecule has 1 atom stereocenters. The summed E-state index contributed by atoms with van der Waals surface area (Å²) >= 11 is 6.29. The summed E-state index contributed by atoms with van der Waals surface area (Å²) in [5, 5.41) is 15.7. The molecule has 0 radical (unpaired) electrons. The van der Waals surface area contributed by atoms with Gasteiger partial charge in [0.05, 0.1) is 40.1 Å². The van der Waals surface area contributed by atoms with Crippen molar-refractivity contribution in [1.82, 2.24) is 19.2 Å². The summed E-state index contributed by atoms with van der Waals surface area (Å²) in [6.45, 7) is 0. The molecule has 0 amide bonds. The Kier molecular flexibility index (Phi) is 3.37. The lowest BCUT2D eigenvalue weighted by molar-refractivity contribution is 0.208. The number of aliphatic hydroxyl groups is 1. The third kappa shape index (κ3) is 2.40. The van der Waals surface area contributed by atoms with E-state index < -0.39 is 6.10 Å². The highest BCUT2D eigenvalue weighted by atomic mass is 35.5. The number of aliphatic hydroxyl groups excluding tert-OH is 1. The number of para-hydroxylation sites is 1. The molecule has 0 saturated heterocycles. The average molecular weight is 325 g/mol. The minimum atomic E-state index is -0.939. The van der Waals surface area contributed by atoms with Crippen LogP contribution in [0.2, 0.25) is 5.02 Å². The maximum Gasteiger partial charge on any atom is 0.140 e. The Balaban J connectivity index is 1.77. The first-order valence-electron chi connectivity index (χ1n) is 7.13. The van der Waals surface area contributed by atoms with E-state index in [1.54, 1.807) is 33.7 Å². The fraction of sp³-hybridized carbons (Fsp3) is 0.0588. The van der Waals surface area contributed by atoms with E-state index in [4.69, 9.17) is 11.6 Å². The van der Waals surface area contributed by atoms with E-state index in [-0.39, 0.29) is 0 Å². The first kappa shape index (κ1) is 14.0. The number of rotatable bonds is 3. The lowest BCUT2D eigenvalue weighted by Gasteiger charge is -2.13. The smallest absolute Gasteiger partial charge is 0.140 e. The van der Waals surface area contributed by atoms with Crippen LogP contribution >= 0.6 is 11.6 Å². The van der Waals surface area contributed by atoms with Gasteiger partial charge in [0.25, 0.3) is 0 Å². The molecule has 0 aliphatic rings. The molecule has 0 saturated carbocycles. The van der Waals surface area contributed by atoms with Crippen LogP contribution in [0.15, 0.2) is 67.3 Å². The molecule has 3 aromatic heterocycles. The van der Waals surface area contributed by atoms with Crippen molar-refractivity contribution in [2.75, 3.05) is 0 Å². The summed E-state index contributed by atoms with van der Waals surface area (Å²) in [5.41, 5.74) is 2.88. The standard InChI is InChI=1S/C17H13ClN4O/c18-14-7-6-13-10-19-11-21(13)16(14)17(23)15-8-9-22(20-15)12-4-2-1-3-5-12/h1-11,17,23H. The van der Waals surface area contributed by atoms with Gasteiger partial charge in [-0.2, -0.15) is 5.10 Å². The molecule has 4 rings (SSSR count). The summed E-state index contributed by atoms with van der Waals surface area (Å²) in [7, 11) is 0. The number of benzene rings is 1. The molecule has 0 aliphatic heterocycles. The fourth-order valence-electron chi connectivity index (χ4n) is 2.60. The van der Waals surface area contributed by atoms with Crippen molar-refractivity contribution in [2.45, 2.75) is 6.10 Å². The minimum Gasteiger partial charge on any atom is -0.380 e. The van der Waals surface area contributed by atoms with Gasteiger partial charge in [0.15, 0.2) is 0 Å². The first-order valence-corrected chi connectivity index (χ1v) is 7.51. The predicted octanol–water partition coefficient (Wildman–Crippen LogP) is 3.26. The Morgan fingerprint density at radius 2 is 1.87 bits per heavy atom. The molecule has 0 fully saturated rings. The van der Waals surface area contributed by atoms with Gasteiger partial charge in [-0.05, 0) is 30.3 Å². The molecule has 0 bridgehead atoms. The van der Waals surface area contributed by atoms with E-state index >= 15 is 0 Å². The maximum absolute atomic E-state index is 10.7. The molecular formula is C17H13ClN4O. The molecule has 0 aliphatic carbocycles. The van der Waals surface area contributed by atoms with Crippen molar-refractivity contribution >= 4 is 17.1 Å². The Labute approximate surface area is 137 Å². The zero-order valence-electron chi connectivity index (χ0n) is 12.0. The van der Waals surface area contributed by atoms with Gasteiger partial charge in [0.2, 0.25) is 0 Å². The highest BCUT2D eigenvalue weighted by Gasteiger charge is 2.20. The van der Waals surface area contributed by atoms with E-state index in [0.717, 1.165) is 11.2 Å². The molecule has 4 aromatic rings. The van der Waals surface area contributed by atoms with Crippen molar-refractivity contribution in [1.29, 1.82) is 0 Å². The van der Waals surface area contributed by atoms with Crippen LogP contribution in [0, 0.1) is 0 Å². The number of imidazole rings is 1.